The summed E-state index contributed by atoms with van der Waals surface area (Å²) in [6.45, 7) is 3.12. The fourth-order valence-electron chi connectivity index (χ4n) is 2.74. The van der Waals surface area contributed by atoms with Crippen LogP contribution in [-0.2, 0) is 5.54 Å². The minimum Gasteiger partial charge on any atom is -0.307 e. The highest BCUT2D eigenvalue weighted by atomic mass is 79.9. The highest BCUT2D eigenvalue weighted by Gasteiger charge is 2.33. The standard InChI is InChI=1S/C14H19BrFN/c1-2-14(9-4-3-5-10-17-14)11-7-6-8-12(15)13(11)16/h6-8,17H,2-5,9-10H2,1H3. The molecule has 1 aromatic carbocycles. The van der Waals surface area contributed by atoms with Crippen molar-refractivity contribution in [2.75, 3.05) is 6.54 Å². The molecule has 0 bridgehead atoms. The Hall–Kier alpha value is -0.410. The van der Waals surface area contributed by atoms with Gasteiger partial charge in [0.1, 0.15) is 5.82 Å². The molecule has 17 heavy (non-hydrogen) atoms. The largest absolute Gasteiger partial charge is 0.307 e. The molecule has 1 aromatic rings. The third-order valence-electron chi connectivity index (χ3n) is 3.81. The molecule has 0 saturated carbocycles. The van der Waals surface area contributed by atoms with Gasteiger partial charge in [-0.15, -0.1) is 0 Å². The van der Waals surface area contributed by atoms with Crippen LogP contribution >= 0.6 is 15.9 Å². The SMILES string of the molecule is CCC1(c2cccc(Br)c2F)CCCCCN1. The molecule has 1 aliphatic rings. The van der Waals surface area contributed by atoms with Gasteiger partial charge in [-0.2, -0.15) is 0 Å². The second kappa shape index (κ2) is 5.49. The predicted octanol–water partition coefficient (Wildman–Crippen LogP) is 4.36. The lowest BCUT2D eigenvalue weighted by Crippen LogP contribution is -2.42. The lowest BCUT2D eigenvalue weighted by Gasteiger charge is -2.34. The van der Waals surface area contributed by atoms with Crippen LogP contribution in [0.1, 0.15) is 44.6 Å². The Morgan fingerprint density at radius 1 is 1.35 bits per heavy atom. The number of nitrogens with one attached hydrogen (secondary N) is 1. The fraction of sp³-hybridized carbons (Fsp3) is 0.571. The zero-order valence-corrected chi connectivity index (χ0v) is 11.8. The summed E-state index contributed by atoms with van der Waals surface area (Å²) in [5.41, 5.74) is 0.640. The molecule has 1 unspecified atom stereocenters. The average molecular weight is 300 g/mol. The predicted molar refractivity (Wildman–Crippen MR) is 72.5 cm³/mol. The highest BCUT2D eigenvalue weighted by Crippen LogP contribution is 2.36. The molecule has 0 spiro atoms. The van der Waals surface area contributed by atoms with Crippen molar-refractivity contribution in [1.82, 2.24) is 5.32 Å². The molecule has 0 radical (unpaired) electrons. The van der Waals surface area contributed by atoms with E-state index < -0.39 is 0 Å². The van der Waals surface area contributed by atoms with Crippen molar-refractivity contribution in [2.45, 2.75) is 44.6 Å². The number of benzene rings is 1. The number of halogens is 2. The Balaban J connectivity index is 2.42. The Morgan fingerprint density at radius 3 is 2.94 bits per heavy atom. The first-order valence-electron chi connectivity index (χ1n) is 6.39. The molecule has 1 fully saturated rings. The second-order valence-electron chi connectivity index (χ2n) is 4.77. The van der Waals surface area contributed by atoms with E-state index in [1.54, 1.807) is 6.07 Å². The van der Waals surface area contributed by atoms with Gasteiger partial charge < -0.3 is 5.32 Å². The van der Waals surface area contributed by atoms with Crippen LogP contribution in [0, 0.1) is 5.82 Å². The van der Waals surface area contributed by atoms with Crippen LogP contribution in [0.5, 0.6) is 0 Å². The first-order valence-corrected chi connectivity index (χ1v) is 7.18. The summed E-state index contributed by atoms with van der Waals surface area (Å²) in [6.07, 6.45) is 5.56. The summed E-state index contributed by atoms with van der Waals surface area (Å²) in [5.74, 6) is -0.108. The summed E-state index contributed by atoms with van der Waals surface area (Å²) in [4.78, 5) is 0. The van der Waals surface area contributed by atoms with Crippen LogP contribution < -0.4 is 5.32 Å². The van der Waals surface area contributed by atoms with Gasteiger partial charge in [0.2, 0.25) is 0 Å². The summed E-state index contributed by atoms with van der Waals surface area (Å²) < 4.78 is 14.8. The minimum atomic E-state index is -0.176. The van der Waals surface area contributed by atoms with E-state index >= 15 is 0 Å². The van der Waals surface area contributed by atoms with Gasteiger partial charge >= 0.3 is 0 Å². The first-order chi connectivity index (χ1) is 8.19. The summed E-state index contributed by atoms with van der Waals surface area (Å²) >= 11 is 3.28. The first kappa shape index (κ1) is 13.0. The molecule has 3 heteroatoms. The van der Waals surface area contributed by atoms with E-state index in [0.29, 0.717) is 4.47 Å². The average Bonchev–Trinajstić information content (AvgIpc) is 2.59. The summed E-state index contributed by atoms with van der Waals surface area (Å²) in [6, 6.07) is 5.60. The molecule has 2 rings (SSSR count). The molecule has 1 atom stereocenters. The van der Waals surface area contributed by atoms with Gasteiger partial charge in [-0.1, -0.05) is 31.9 Å². The third kappa shape index (κ3) is 2.55. The van der Waals surface area contributed by atoms with Crippen LogP contribution in [0.3, 0.4) is 0 Å². The van der Waals surface area contributed by atoms with E-state index in [9.17, 15) is 4.39 Å². The van der Waals surface area contributed by atoms with Crippen molar-refractivity contribution >= 4 is 15.9 Å². The monoisotopic (exact) mass is 299 g/mol. The van der Waals surface area contributed by atoms with E-state index in [1.807, 2.05) is 12.1 Å². The quantitative estimate of drug-likeness (QED) is 0.856. The maximum atomic E-state index is 14.3. The molecule has 1 nitrogen and oxygen atoms in total. The molecule has 0 aromatic heterocycles. The van der Waals surface area contributed by atoms with E-state index in [0.717, 1.165) is 24.9 Å². The lowest BCUT2D eigenvalue weighted by atomic mass is 9.83. The van der Waals surface area contributed by atoms with E-state index in [4.69, 9.17) is 0 Å². The Bertz CT molecular complexity index is 384. The van der Waals surface area contributed by atoms with Gasteiger partial charge in [-0.05, 0) is 47.8 Å². The van der Waals surface area contributed by atoms with Crippen molar-refractivity contribution in [3.8, 4) is 0 Å². The Morgan fingerprint density at radius 2 is 2.18 bits per heavy atom. The van der Waals surface area contributed by atoms with Crippen molar-refractivity contribution in [3.63, 3.8) is 0 Å². The van der Waals surface area contributed by atoms with Gasteiger partial charge in [0.05, 0.1) is 4.47 Å². The molecule has 1 heterocycles. The molecule has 94 valence electrons. The Kier molecular flexibility index (Phi) is 4.21. The molecule has 0 aliphatic carbocycles. The van der Waals surface area contributed by atoms with Crippen LogP contribution in [0.25, 0.3) is 0 Å². The van der Waals surface area contributed by atoms with Gasteiger partial charge in [0.25, 0.3) is 0 Å². The molecule has 1 aliphatic heterocycles. The Labute approximate surface area is 111 Å². The molecule has 0 amide bonds. The minimum absolute atomic E-state index is 0.108. The van der Waals surface area contributed by atoms with Crippen LogP contribution in [-0.4, -0.2) is 6.54 Å². The fourth-order valence-corrected chi connectivity index (χ4v) is 3.11. The van der Waals surface area contributed by atoms with Crippen molar-refractivity contribution in [3.05, 3.63) is 34.1 Å². The zero-order valence-electron chi connectivity index (χ0n) is 10.2. The second-order valence-corrected chi connectivity index (χ2v) is 5.63. The summed E-state index contributed by atoms with van der Waals surface area (Å²) in [5, 5.41) is 3.57. The third-order valence-corrected chi connectivity index (χ3v) is 4.43. The maximum absolute atomic E-state index is 14.3. The van der Waals surface area contributed by atoms with Crippen molar-refractivity contribution in [1.29, 1.82) is 0 Å². The molecule has 1 saturated heterocycles. The lowest BCUT2D eigenvalue weighted by molar-refractivity contribution is 0.300. The van der Waals surface area contributed by atoms with Crippen LogP contribution in [0.15, 0.2) is 22.7 Å². The number of rotatable bonds is 2. The van der Waals surface area contributed by atoms with Gasteiger partial charge in [-0.25, -0.2) is 4.39 Å². The molecule has 1 N–H and O–H groups in total. The van der Waals surface area contributed by atoms with E-state index in [-0.39, 0.29) is 11.4 Å². The van der Waals surface area contributed by atoms with Gasteiger partial charge in [-0.3, -0.25) is 0 Å². The normalized spacial score (nSPS) is 25.6. The van der Waals surface area contributed by atoms with Crippen LogP contribution in [0.2, 0.25) is 0 Å². The molecular weight excluding hydrogens is 281 g/mol. The van der Waals surface area contributed by atoms with E-state index in [2.05, 4.69) is 28.2 Å². The molecular formula is C14H19BrFN. The van der Waals surface area contributed by atoms with E-state index in [1.165, 1.54) is 19.3 Å². The highest BCUT2D eigenvalue weighted by molar-refractivity contribution is 9.10. The smallest absolute Gasteiger partial charge is 0.142 e. The topological polar surface area (TPSA) is 12.0 Å². The van der Waals surface area contributed by atoms with Crippen molar-refractivity contribution in [2.24, 2.45) is 0 Å². The van der Waals surface area contributed by atoms with Crippen molar-refractivity contribution < 1.29 is 4.39 Å². The van der Waals surface area contributed by atoms with Gasteiger partial charge in [0.15, 0.2) is 0 Å². The zero-order chi connectivity index (χ0) is 12.3. The van der Waals surface area contributed by atoms with Crippen LogP contribution in [0.4, 0.5) is 4.39 Å². The maximum Gasteiger partial charge on any atom is 0.142 e. The number of hydrogen-bond acceptors (Lipinski definition) is 1. The summed E-state index contributed by atoms with van der Waals surface area (Å²) in [7, 11) is 0. The number of hydrogen-bond donors (Lipinski definition) is 1. The van der Waals surface area contributed by atoms with Gasteiger partial charge in [0, 0.05) is 11.1 Å².